The average molecular weight is 340 g/mol. The van der Waals surface area contributed by atoms with Crippen molar-refractivity contribution in [1.82, 2.24) is 14.5 Å². The Kier molecular flexibility index (Phi) is 4.78. The molecule has 3 aromatic rings. The Morgan fingerprint density at radius 1 is 1.24 bits per heavy atom. The molecular formula is C18H20N4O3. The molecule has 0 aliphatic heterocycles. The Morgan fingerprint density at radius 3 is 2.68 bits per heavy atom. The Balaban J connectivity index is 2.19. The Hall–Kier alpha value is -2.77. The van der Waals surface area contributed by atoms with E-state index in [0.717, 1.165) is 16.8 Å². The van der Waals surface area contributed by atoms with Gasteiger partial charge in [-0.2, -0.15) is 0 Å². The number of nitrogens with zero attached hydrogens (tertiary/aromatic N) is 4. The maximum absolute atomic E-state index is 12.8. The first-order valence-electron chi connectivity index (χ1n) is 7.96. The van der Waals surface area contributed by atoms with Crippen molar-refractivity contribution in [2.45, 2.75) is 6.92 Å². The molecule has 7 heteroatoms. The standard InChI is InChI=1S/C18H20N4O3/c1-12-5-3-4-6-14(12)15-9-13-10-19-18(22(11-24)7-8-23)20-16(13)17(25)21(15)2/h3-6,9-10,23-24H,7-8,11H2,1-2H3. The van der Waals surface area contributed by atoms with Gasteiger partial charge in [-0.15, -0.1) is 0 Å². The molecule has 0 saturated carbocycles. The smallest absolute Gasteiger partial charge is 0.277 e. The van der Waals surface area contributed by atoms with E-state index in [4.69, 9.17) is 5.11 Å². The van der Waals surface area contributed by atoms with Gasteiger partial charge in [-0.3, -0.25) is 4.79 Å². The van der Waals surface area contributed by atoms with Crippen molar-refractivity contribution in [2.24, 2.45) is 7.05 Å². The SMILES string of the molecule is Cc1ccccc1-c1cc2cnc(N(CO)CCO)nc2c(=O)n1C. The van der Waals surface area contributed by atoms with Crippen molar-refractivity contribution in [3.8, 4) is 11.3 Å². The Labute approximate surface area is 144 Å². The topological polar surface area (TPSA) is 91.5 Å². The first-order chi connectivity index (χ1) is 12.1. The quantitative estimate of drug-likeness (QED) is 0.675. The second-order valence-corrected chi connectivity index (χ2v) is 5.81. The summed E-state index contributed by atoms with van der Waals surface area (Å²) in [5.41, 5.74) is 2.89. The van der Waals surface area contributed by atoms with Crippen molar-refractivity contribution < 1.29 is 10.2 Å². The lowest BCUT2D eigenvalue weighted by atomic mass is 10.0. The Bertz CT molecular complexity index is 968. The zero-order valence-corrected chi connectivity index (χ0v) is 14.2. The summed E-state index contributed by atoms with van der Waals surface area (Å²) in [6.45, 7) is 1.70. The molecule has 0 amide bonds. The molecule has 0 fully saturated rings. The van der Waals surface area contributed by atoms with Gasteiger partial charge in [-0.1, -0.05) is 24.3 Å². The van der Waals surface area contributed by atoms with Gasteiger partial charge in [0.1, 0.15) is 12.2 Å². The Morgan fingerprint density at radius 2 is 2.00 bits per heavy atom. The van der Waals surface area contributed by atoms with Crippen LogP contribution in [0.2, 0.25) is 0 Å². The van der Waals surface area contributed by atoms with Crippen LogP contribution < -0.4 is 10.5 Å². The highest BCUT2D eigenvalue weighted by atomic mass is 16.3. The number of pyridine rings is 1. The summed E-state index contributed by atoms with van der Waals surface area (Å²) in [7, 11) is 1.71. The van der Waals surface area contributed by atoms with Crippen LogP contribution in [-0.2, 0) is 7.05 Å². The van der Waals surface area contributed by atoms with Gasteiger partial charge in [0, 0.05) is 30.7 Å². The molecule has 0 atom stereocenters. The van der Waals surface area contributed by atoms with Crippen molar-refractivity contribution in [2.75, 3.05) is 24.8 Å². The third-order valence-electron chi connectivity index (χ3n) is 4.21. The van der Waals surface area contributed by atoms with Crippen LogP contribution in [0.25, 0.3) is 22.2 Å². The minimum absolute atomic E-state index is 0.147. The van der Waals surface area contributed by atoms with Crippen molar-refractivity contribution >= 4 is 16.9 Å². The zero-order chi connectivity index (χ0) is 18.0. The van der Waals surface area contributed by atoms with Gasteiger partial charge in [0.2, 0.25) is 5.95 Å². The maximum atomic E-state index is 12.8. The van der Waals surface area contributed by atoms with E-state index >= 15 is 0 Å². The van der Waals surface area contributed by atoms with Gasteiger partial charge in [0.25, 0.3) is 5.56 Å². The van der Waals surface area contributed by atoms with Crippen LogP contribution in [0.15, 0.2) is 41.3 Å². The van der Waals surface area contributed by atoms with Crippen LogP contribution in [0.5, 0.6) is 0 Å². The molecule has 7 nitrogen and oxygen atoms in total. The maximum Gasteiger partial charge on any atom is 0.277 e. The van der Waals surface area contributed by atoms with Crippen LogP contribution >= 0.6 is 0 Å². The molecule has 130 valence electrons. The van der Waals surface area contributed by atoms with Crippen LogP contribution in [0.3, 0.4) is 0 Å². The molecule has 3 rings (SSSR count). The van der Waals surface area contributed by atoms with Gasteiger partial charge in [0.05, 0.1) is 12.3 Å². The first-order valence-corrected chi connectivity index (χ1v) is 7.96. The number of aliphatic hydroxyl groups is 2. The van der Waals surface area contributed by atoms with E-state index in [0.29, 0.717) is 5.39 Å². The molecule has 0 aliphatic carbocycles. The van der Waals surface area contributed by atoms with E-state index < -0.39 is 0 Å². The van der Waals surface area contributed by atoms with E-state index in [-0.39, 0.29) is 36.9 Å². The number of rotatable bonds is 5. The summed E-state index contributed by atoms with van der Waals surface area (Å²) in [6, 6.07) is 9.75. The third kappa shape index (κ3) is 3.11. The van der Waals surface area contributed by atoms with Crippen LogP contribution in [-0.4, -0.2) is 44.6 Å². The minimum Gasteiger partial charge on any atom is -0.395 e. The fourth-order valence-electron chi connectivity index (χ4n) is 2.80. The lowest BCUT2D eigenvalue weighted by Gasteiger charge is -2.19. The first kappa shape index (κ1) is 17.1. The largest absolute Gasteiger partial charge is 0.395 e. The normalized spacial score (nSPS) is 11.0. The van der Waals surface area contributed by atoms with Crippen molar-refractivity contribution in [3.05, 3.63) is 52.4 Å². The zero-order valence-electron chi connectivity index (χ0n) is 14.2. The molecule has 0 spiro atoms. The highest BCUT2D eigenvalue weighted by molar-refractivity contribution is 5.83. The van der Waals surface area contributed by atoms with Gasteiger partial charge in [-0.25, -0.2) is 9.97 Å². The molecule has 0 unspecified atom stereocenters. The van der Waals surface area contributed by atoms with Gasteiger partial charge >= 0.3 is 0 Å². The second-order valence-electron chi connectivity index (χ2n) is 5.81. The lowest BCUT2D eigenvalue weighted by molar-refractivity contribution is 0.256. The average Bonchev–Trinajstić information content (AvgIpc) is 2.63. The predicted molar refractivity (Wildman–Crippen MR) is 96.5 cm³/mol. The third-order valence-corrected chi connectivity index (χ3v) is 4.21. The summed E-state index contributed by atoms with van der Waals surface area (Å²) in [4.78, 5) is 22.7. The molecule has 2 heterocycles. The monoisotopic (exact) mass is 340 g/mol. The highest BCUT2D eigenvalue weighted by Gasteiger charge is 2.14. The van der Waals surface area contributed by atoms with Crippen molar-refractivity contribution in [1.29, 1.82) is 0 Å². The number of hydrogen-bond acceptors (Lipinski definition) is 6. The predicted octanol–water partition coefficient (Wildman–Crippen LogP) is 1.05. The summed E-state index contributed by atoms with van der Waals surface area (Å²) in [5, 5.41) is 19.1. The second kappa shape index (κ2) is 7.00. The highest BCUT2D eigenvalue weighted by Crippen LogP contribution is 2.24. The summed E-state index contributed by atoms with van der Waals surface area (Å²) in [6.07, 6.45) is 1.57. The fraction of sp³-hybridized carbons (Fsp3) is 0.278. The number of fused-ring (bicyclic) bond motifs is 1. The molecule has 0 saturated heterocycles. The molecule has 0 aliphatic rings. The van der Waals surface area contributed by atoms with Gasteiger partial charge in [0.15, 0.2) is 0 Å². The molecule has 25 heavy (non-hydrogen) atoms. The van der Waals surface area contributed by atoms with Crippen LogP contribution in [0.1, 0.15) is 5.56 Å². The van der Waals surface area contributed by atoms with E-state index in [2.05, 4.69) is 9.97 Å². The molecule has 2 aromatic heterocycles. The van der Waals surface area contributed by atoms with E-state index in [1.807, 2.05) is 37.3 Å². The number of hydrogen-bond donors (Lipinski definition) is 2. The van der Waals surface area contributed by atoms with E-state index in [1.165, 1.54) is 4.90 Å². The number of aryl methyl sites for hydroxylation is 1. The lowest BCUT2D eigenvalue weighted by Crippen LogP contribution is -2.30. The number of anilines is 1. The fourth-order valence-corrected chi connectivity index (χ4v) is 2.80. The van der Waals surface area contributed by atoms with E-state index in [1.54, 1.807) is 17.8 Å². The molecule has 2 N–H and O–H groups in total. The molecule has 0 bridgehead atoms. The number of aromatic nitrogens is 3. The minimum atomic E-state index is -0.340. The number of aliphatic hydroxyl groups excluding tert-OH is 2. The van der Waals surface area contributed by atoms with Gasteiger partial charge < -0.3 is 19.7 Å². The van der Waals surface area contributed by atoms with Crippen molar-refractivity contribution in [3.63, 3.8) is 0 Å². The van der Waals surface area contributed by atoms with E-state index in [9.17, 15) is 9.90 Å². The molecular weight excluding hydrogens is 320 g/mol. The number of benzene rings is 1. The summed E-state index contributed by atoms with van der Waals surface area (Å²) < 4.78 is 1.57. The van der Waals surface area contributed by atoms with Gasteiger partial charge in [-0.05, 0) is 18.6 Å². The van der Waals surface area contributed by atoms with Crippen LogP contribution in [0.4, 0.5) is 5.95 Å². The summed E-state index contributed by atoms with van der Waals surface area (Å²) in [5.74, 6) is 0.213. The molecule has 0 radical (unpaired) electrons. The van der Waals surface area contributed by atoms with Crippen LogP contribution in [0, 0.1) is 6.92 Å². The molecule has 1 aromatic carbocycles. The summed E-state index contributed by atoms with van der Waals surface area (Å²) >= 11 is 0.